The number of aryl methyl sites for hydroxylation is 1. The molecule has 0 saturated heterocycles. The number of carbonyl (C=O) groups is 1. The van der Waals surface area contributed by atoms with Crippen LogP contribution in [0.5, 0.6) is 0 Å². The van der Waals surface area contributed by atoms with E-state index in [1.807, 2.05) is 0 Å². The second-order valence-corrected chi connectivity index (χ2v) is 4.13. The van der Waals surface area contributed by atoms with Gasteiger partial charge in [-0.3, -0.25) is 9.78 Å². The van der Waals surface area contributed by atoms with Gasteiger partial charge in [0.05, 0.1) is 10.6 Å². The highest BCUT2D eigenvalue weighted by molar-refractivity contribution is 6.34. The summed E-state index contributed by atoms with van der Waals surface area (Å²) in [4.78, 5) is 15.8. The van der Waals surface area contributed by atoms with Crippen molar-refractivity contribution in [3.05, 3.63) is 63.9 Å². The van der Waals surface area contributed by atoms with Gasteiger partial charge in [-0.15, -0.1) is 0 Å². The summed E-state index contributed by atoms with van der Waals surface area (Å²) in [5.74, 6) is -2.95. The van der Waals surface area contributed by atoms with Crippen LogP contribution in [0.3, 0.4) is 0 Å². The molecule has 0 aliphatic carbocycles. The normalized spacial score (nSPS) is 10.4. The Morgan fingerprint density at radius 1 is 1.22 bits per heavy atom. The molecule has 0 amide bonds. The van der Waals surface area contributed by atoms with E-state index in [0.717, 1.165) is 0 Å². The maximum atomic E-state index is 13.7. The Morgan fingerprint density at radius 2 is 1.94 bits per heavy atom. The van der Waals surface area contributed by atoms with Gasteiger partial charge < -0.3 is 0 Å². The largest absolute Gasteiger partial charge is 0.287 e. The van der Waals surface area contributed by atoms with E-state index in [2.05, 4.69) is 4.98 Å². The fourth-order valence-electron chi connectivity index (χ4n) is 1.50. The summed E-state index contributed by atoms with van der Waals surface area (Å²) in [5, 5.41) is 0.0999. The first-order valence-electron chi connectivity index (χ1n) is 5.12. The van der Waals surface area contributed by atoms with Crippen LogP contribution in [0.4, 0.5) is 8.78 Å². The molecule has 1 heterocycles. The fraction of sp³-hybridized carbons (Fsp3) is 0.0769. The van der Waals surface area contributed by atoms with E-state index in [1.54, 1.807) is 6.07 Å². The Balaban J connectivity index is 2.54. The Bertz CT molecular complexity index is 628. The molecule has 1 aromatic carbocycles. The zero-order valence-electron chi connectivity index (χ0n) is 9.38. The molecule has 0 radical (unpaired) electrons. The SMILES string of the molecule is Cc1ccc(C(=O)c2ncccc2Cl)c(F)c1F. The second-order valence-electron chi connectivity index (χ2n) is 3.72. The lowest BCUT2D eigenvalue weighted by atomic mass is 10.0. The number of carbonyl (C=O) groups excluding carboxylic acids is 1. The zero-order chi connectivity index (χ0) is 13.3. The van der Waals surface area contributed by atoms with E-state index >= 15 is 0 Å². The van der Waals surface area contributed by atoms with Gasteiger partial charge in [0, 0.05) is 6.20 Å². The first-order chi connectivity index (χ1) is 8.52. The predicted octanol–water partition coefficient (Wildman–Crippen LogP) is 3.55. The number of aromatic nitrogens is 1. The van der Waals surface area contributed by atoms with Crippen LogP contribution < -0.4 is 0 Å². The van der Waals surface area contributed by atoms with E-state index in [1.165, 1.54) is 31.3 Å². The molecule has 0 N–H and O–H groups in total. The van der Waals surface area contributed by atoms with Gasteiger partial charge >= 0.3 is 0 Å². The van der Waals surface area contributed by atoms with Crippen molar-refractivity contribution in [3.63, 3.8) is 0 Å². The number of ketones is 1. The minimum absolute atomic E-state index is 0.0960. The lowest BCUT2D eigenvalue weighted by Gasteiger charge is -2.05. The number of hydrogen-bond acceptors (Lipinski definition) is 2. The van der Waals surface area contributed by atoms with E-state index in [0.29, 0.717) is 0 Å². The van der Waals surface area contributed by atoms with Gasteiger partial charge in [-0.2, -0.15) is 0 Å². The molecule has 2 rings (SSSR count). The lowest BCUT2D eigenvalue weighted by molar-refractivity contribution is 0.102. The molecule has 0 bridgehead atoms. The van der Waals surface area contributed by atoms with Gasteiger partial charge in [-0.05, 0) is 30.7 Å². The quantitative estimate of drug-likeness (QED) is 0.779. The average molecular weight is 268 g/mol. The van der Waals surface area contributed by atoms with Crippen molar-refractivity contribution >= 4 is 17.4 Å². The molecular formula is C13H8ClF2NO. The standard InChI is InChI=1S/C13H8ClF2NO/c1-7-4-5-8(11(16)10(7)15)13(18)12-9(14)3-2-6-17-12/h2-6H,1H3. The van der Waals surface area contributed by atoms with E-state index in [4.69, 9.17) is 11.6 Å². The molecule has 0 atom stereocenters. The lowest BCUT2D eigenvalue weighted by Crippen LogP contribution is -2.09. The highest BCUT2D eigenvalue weighted by atomic mass is 35.5. The molecule has 5 heteroatoms. The number of pyridine rings is 1. The first kappa shape index (κ1) is 12.6. The number of nitrogens with zero attached hydrogens (tertiary/aromatic N) is 1. The van der Waals surface area contributed by atoms with Crippen molar-refractivity contribution < 1.29 is 13.6 Å². The molecule has 0 aliphatic rings. The second kappa shape index (κ2) is 4.82. The number of benzene rings is 1. The molecule has 2 aromatic rings. The first-order valence-corrected chi connectivity index (χ1v) is 5.50. The molecule has 1 aromatic heterocycles. The van der Waals surface area contributed by atoms with Gasteiger partial charge in [0.2, 0.25) is 5.78 Å². The Kier molecular flexibility index (Phi) is 3.39. The van der Waals surface area contributed by atoms with Crippen molar-refractivity contribution in [2.75, 3.05) is 0 Å². The molecule has 92 valence electrons. The van der Waals surface area contributed by atoms with Crippen LogP contribution in [0.2, 0.25) is 5.02 Å². The molecule has 0 unspecified atom stereocenters. The third kappa shape index (κ3) is 2.11. The van der Waals surface area contributed by atoms with Crippen LogP contribution in [0.15, 0.2) is 30.5 Å². The van der Waals surface area contributed by atoms with Crippen LogP contribution >= 0.6 is 11.6 Å². The molecule has 0 spiro atoms. The van der Waals surface area contributed by atoms with Crippen molar-refractivity contribution in [1.82, 2.24) is 4.98 Å². The Hall–Kier alpha value is -1.81. The topological polar surface area (TPSA) is 30.0 Å². The maximum absolute atomic E-state index is 13.7. The molecular weight excluding hydrogens is 260 g/mol. The minimum Gasteiger partial charge on any atom is -0.287 e. The van der Waals surface area contributed by atoms with Crippen LogP contribution in [0.25, 0.3) is 0 Å². The summed E-state index contributed by atoms with van der Waals surface area (Å²) in [6.45, 7) is 1.42. The minimum atomic E-state index is -1.18. The van der Waals surface area contributed by atoms with Gasteiger partial charge in [-0.25, -0.2) is 8.78 Å². The number of halogens is 3. The zero-order valence-corrected chi connectivity index (χ0v) is 10.1. The Labute approximate surface area is 107 Å². The molecule has 0 aliphatic heterocycles. The molecule has 18 heavy (non-hydrogen) atoms. The van der Waals surface area contributed by atoms with Gasteiger partial charge in [0.15, 0.2) is 11.6 Å². The summed E-state index contributed by atoms with van der Waals surface area (Å²) in [6, 6.07) is 5.57. The summed E-state index contributed by atoms with van der Waals surface area (Å²) in [5.41, 5.74) is -0.337. The van der Waals surface area contributed by atoms with Gasteiger partial charge in [-0.1, -0.05) is 17.7 Å². The van der Waals surface area contributed by atoms with Crippen molar-refractivity contribution in [1.29, 1.82) is 0 Å². The van der Waals surface area contributed by atoms with Gasteiger partial charge in [0.25, 0.3) is 0 Å². The highest BCUT2D eigenvalue weighted by Gasteiger charge is 2.21. The molecule has 2 nitrogen and oxygen atoms in total. The van der Waals surface area contributed by atoms with Crippen LogP contribution in [0.1, 0.15) is 21.6 Å². The predicted molar refractivity (Wildman–Crippen MR) is 63.8 cm³/mol. The average Bonchev–Trinajstić information content (AvgIpc) is 2.36. The molecule has 0 saturated carbocycles. The number of rotatable bonds is 2. The van der Waals surface area contributed by atoms with Gasteiger partial charge in [0.1, 0.15) is 5.69 Å². The van der Waals surface area contributed by atoms with Crippen LogP contribution in [0, 0.1) is 18.6 Å². The monoisotopic (exact) mass is 267 g/mol. The fourth-order valence-corrected chi connectivity index (χ4v) is 1.71. The summed E-state index contributed by atoms with van der Waals surface area (Å²) >= 11 is 5.79. The maximum Gasteiger partial charge on any atom is 0.215 e. The summed E-state index contributed by atoms with van der Waals surface area (Å²) < 4.78 is 27.1. The highest BCUT2D eigenvalue weighted by Crippen LogP contribution is 2.21. The third-order valence-electron chi connectivity index (χ3n) is 2.49. The Morgan fingerprint density at radius 3 is 2.61 bits per heavy atom. The third-order valence-corrected chi connectivity index (χ3v) is 2.80. The van der Waals surface area contributed by atoms with Crippen LogP contribution in [-0.4, -0.2) is 10.8 Å². The van der Waals surface area contributed by atoms with Crippen molar-refractivity contribution in [3.8, 4) is 0 Å². The molecule has 0 fully saturated rings. The van der Waals surface area contributed by atoms with Crippen molar-refractivity contribution in [2.45, 2.75) is 6.92 Å². The van der Waals surface area contributed by atoms with E-state index in [-0.39, 0.29) is 21.8 Å². The summed E-state index contributed by atoms with van der Waals surface area (Å²) in [6.07, 6.45) is 1.36. The van der Waals surface area contributed by atoms with Crippen LogP contribution in [-0.2, 0) is 0 Å². The number of hydrogen-bond donors (Lipinski definition) is 0. The van der Waals surface area contributed by atoms with E-state index in [9.17, 15) is 13.6 Å². The van der Waals surface area contributed by atoms with E-state index < -0.39 is 17.4 Å². The summed E-state index contributed by atoms with van der Waals surface area (Å²) in [7, 11) is 0. The smallest absolute Gasteiger partial charge is 0.215 e. The van der Waals surface area contributed by atoms with Crippen molar-refractivity contribution in [2.24, 2.45) is 0 Å².